The highest BCUT2D eigenvalue weighted by Crippen LogP contribution is 2.22. The summed E-state index contributed by atoms with van der Waals surface area (Å²) in [6, 6.07) is 10.7. The van der Waals surface area contributed by atoms with Crippen LogP contribution in [0.15, 0.2) is 30.3 Å². The van der Waals surface area contributed by atoms with Crippen molar-refractivity contribution in [2.75, 3.05) is 5.73 Å². The first-order valence-electron chi connectivity index (χ1n) is 8.24. The van der Waals surface area contributed by atoms with E-state index in [1.807, 2.05) is 6.07 Å². The van der Waals surface area contributed by atoms with Gasteiger partial charge in [-0.2, -0.15) is 0 Å². The van der Waals surface area contributed by atoms with Gasteiger partial charge in [-0.3, -0.25) is 0 Å². The molecule has 0 bridgehead atoms. The number of benzene rings is 1. The molecule has 2 aromatic rings. The topological polar surface area (TPSA) is 30.9 Å². The monoisotopic (exact) mass is 284 g/mol. The first-order valence-corrected chi connectivity index (χ1v) is 8.24. The summed E-state index contributed by atoms with van der Waals surface area (Å²) in [5.41, 5.74) is 12.5. The number of unbranched alkanes of at least 4 members (excludes halogenated alkanes) is 1. The predicted molar refractivity (Wildman–Crippen MR) is 91.8 cm³/mol. The maximum Gasteiger partial charge on any atom is 0.0316 e. The molecule has 2 N–H and O–H groups in total. The molecule has 2 rings (SSSR count). The molecule has 0 saturated carbocycles. The molecule has 21 heavy (non-hydrogen) atoms. The number of anilines is 1. The van der Waals surface area contributed by atoms with Crippen molar-refractivity contribution in [1.29, 1.82) is 0 Å². The van der Waals surface area contributed by atoms with Crippen molar-refractivity contribution in [3.8, 4) is 0 Å². The Labute approximate surface area is 129 Å². The summed E-state index contributed by atoms with van der Waals surface area (Å²) in [6.07, 6.45) is 5.67. The summed E-state index contributed by atoms with van der Waals surface area (Å²) in [5, 5.41) is 0. The Kier molecular flexibility index (Phi) is 5.49. The minimum absolute atomic E-state index is 0.855. The number of rotatable bonds is 7. The van der Waals surface area contributed by atoms with Crippen LogP contribution >= 0.6 is 0 Å². The molecule has 114 valence electrons. The van der Waals surface area contributed by atoms with E-state index in [0.717, 1.165) is 31.5 Å². The first-order chi connectivity index (χ1) is 10.2. The second-order valence-corrected chi connectivity index (χ2v) is 5.74. The molecular formula is C19H28N2. The van der Waals surface area contributed by atoms with Crippen molar-refractivity contribution in [3.63, 3.8) is 0 Å². The van der Waals surface area contributed by atoms with Crippen molar-refractivity contribution in [2.45, 2.75) is 59.4 Å². The number of nitrogen functional groups attached to an aromatic ring is 1. The third-order valence-corrected chi connectivity index (χ3v) is 4.19. The highest BCUT2D eigenvalue weighted by molar-refractivity contribution is 5.43. The molecule has 0 amide bonds. The normalized spacial score (nSPS) is 11.0. The van der Waals surface area contributed by atoms with Gasteiger partial charge in [0.1, 0.15) is 0 Å². The number of nitrogens with zero attached hydrogens (tertiary/aromatic N) is 1. The first kappa shape index (κ1) is 15.7. The van der Waals surface area contributed by atoms with Gasteiger partial charge in [0.15, 0.2) is 0 Å². The van der Waals surface area contributed by atoms with Gasteiger partial charge in [-0.25, -0.2) is 0 Å². The van der Waals surface area contributed by atoms with E-state index >= 15 is 0 Å². The lowest BCUT2D eigenvalue weighted by Gasteiger charge is -2.14. The molecule has 0 aliphatic heterocycles. The summed E-state index contributed by atoms with van der Waals surface area (Å²) < 4.78 is 2.55. The van der Waals surface area contributed by atoms with E-state index < -0.39 is 0 Å². The molecule has 0 atom stereocenters. The SMILES string of the molecule is CCCCn1c(CC)cc(CC)c1Cc1cccc(N)c1. The van der Waals surface area contributed by atoms with Crippen LogP contribution in [0.3, 0.4) is 0 Å². The molecule has 2 nitrogen and oxygen atoms in total. The maximum absolute atomic E-state index is 5.93. The van der Waals surface area contributed by atoms with Gasteiger partial charge in [0.2, 0.25) is 0 Å². The number of hydrogen-bond acceptors (Lipinski definition) is 1. The highest BCUT2D eigenvalue weighted by atomic mass is 15.0. The second kappa shape index (κ2) is 7.35. The molecule has 0 saturated heterocycles. The number of hydrogen-bond donors (Lipinski definition) is 1. The van der Waals surface area contributed by atoms with Gasteiger partial charge in [0, 0.05) is 30.0 Å². The Balaban J connectivity index is 2.37. The molecule has 0 unspecified atom stereocenters. The molecule has 0 aliphatic carbocycles. The van der Waals surface area contributed by atoms with E-state index in [2.05, 4.69) is 49.6 Å². The highest BCUT2D eigenvalue weighted by Gasteiger charge is 2.13. The number of aryl methyl sites for hydroxylation is 2. The largest absolute Gasteiger partial charge is 0.399 e. The average molecular weight is 284 g/mol. The van der Waals surface area contributed by atoms with Crippen molar-refractivity contribution in [2.24, 2.45) is 0 Å². The van der Waals surface area contributed by atoms with Crippen molar-refractivity contribution >= 4 is 5.69 Å². The summed E-state index contributed by atoms with van der Waals surface area (Å²) in [5.74, 6) is 0. The quantitative estimate of drug-likeness (QED) is 0.741. The van der Waals surface area contributed by atoms with Crippen LogP contribution in [0.25, 0.3) is 0 Å². The Morgan fingerprint density at radius 3 is 2.48 bits per heavy atom. The van der Waals surface area contributed by atoms with E-state index in [1.54, 1.807) is 0 Å². The third kappa shape index (κ3) is 3.69. The maximum atomic E-state index is 5.93. The van der Waals surface area contributed by atoms with E-state index in [-0.39, 0.29) is 0 Å². The minimum atomic E-state index is 0.855. The van der Waals surface area contributed by atoms with Crippen LogP contribution in [-0.2, 0) is 25.8 Å². The molecule has 0 aliphatic rings. The van der Waals surface area contributed by atoms with Crippen LogP contribution in [0.4, 0.5) is 5.69 Å². The van der Waals surface area contributed by atoms with Crippen molar-refractivity contribution in [3.05, 3.63) is 52.8 Å². The Morgan fingerprint density at radius 1 is 1.05 bits per heavy atom. The number of aromatic nitrogens is 1. The van der Waals surface area contributed by atoms with E-state index in [0.29, 0.717) is 0 Å². The smallest absolute Gasteiger partial charge is 0.0316 e. The van der Waals surface area contributed by atoms with Gasteiger partial charge in [-0.15, -0.1) is 0 Å². The van der Waals surface area contributed by atoms with E-state index in [4.69, 9.17) is 5.73 Å². The van der Waals surface area contributed by atoms with E-state index in [1.165, 1.54) is 35.4 Å². The van der Waals surface area contributed by atoms with E-state index in [9.17, 15) is 0 Å². The summed E-state index contributed by atoms with van der Waals surface area (Å²) in [6.45, 7) is 7.90. The number of nitrogens with two attached hydrogens (primary N) is 1. The fourth-order valence-electron chi connectivity index (χ4n) is 3.01. The van der Waals surface area contributed by atoms with Gasteiger partial charge in [-0.05, 0) is 48.6 Å². The molecule has 0 fully saturated rings. The molecule has 1 aromatic heterocycles. The van der Waals surface area contributed by atoms with Crippen LogP contribution in [0, 0.1) is 0 Å². The Morgan fingerprint density at radius 2 is 1.86 bits per heavy atom. The zero-order valence-corrected chi connectivity index (χ0v) is 13.7. The molecule has 2 heteroatoms. The van der Waals surface area contributed by atoms with Crippen molar-refractivity contribution in [1.82, 2.24) is 4.57 Å². The Bertz CT molecular complexity index is 581. The second-order valence-electron chi connectivity index (χ2n) is 5.74. The lowest BCUT2D eigenvalue weighted by Crippen LogP contribution is -2.08. The zero-order chi connectivity index (χ0) is 15.2. The fraction of sp³-hybridized carbons (Fsp3) is 0.474. The van der Waals surface area contributed by atoms with Crippen LogP contribution in [0.1, 0.15) is 56.1 Å². The molecule has 0 spiro atoms. The predicted octanol–water partition coefficient (Wildman–Crippen LogP) is 4.59. The Hall–Kier alpha value is -1.70. The van der Waals surface area contributed by atoms with Gasteiger partial charge in [0.25, 0.3) is 0 Å². The van der Waals surface area contributed by atoms with Crippen molar-refractivity contribution < 1.29 is 0 Å². The van der Waals surface area contributed by atoms with Crippen LogP contribution < -0.4 is 5.73 Å². The molecule has 0 radical (unpaired) electrons. The summed E-state index contributed by atoms with van der Waals surface area (Å²) >= 11 is 0. The average Bonchev–Trinajstić information content (AvgIpc) is 2.82. The zero-order valence-electron chi connectivity index (χ0n) is 13.7. The van der Waals surface area contributed by atoms with Gasteiger partial charge in [0.05, 0.1) is 0 Å². The standard InChI is InChI=1S/C19H28N2/c1-4-7-11-21-18(6-3)14-16(5-2)19(21)13-15-9-8-10-17(20)12-15/h8-10,12,14H,4-7,11,13,20H2,1-3H3. The van der Waals surface area contributed by atoms with Gasteiger partial charge >= 0.3 is 0 Å². The third-order valence-electron chi connectivity index (χ3n) is 4.19. The van der Waals surface area contributed by atoms with Crippen LogP contribution in [-0.4, -0.2) is 4.57 Å². The minimum Gasteiger partial charge on any atom is -0.399 e. The molecule has 1 heterocycles. The molecule has 1 aromatic carbocycles. The fourth-order valence-corrected chi connectivity index (χ4v) is 3.01. The summed E-state index contributed by atoms with van der Waals surface area (Å²) in [4.78, 5) is 0. The van der Waals surface area contributed by atoms with Gasteiger partial charge < -0.3 is 10.3 Å². The van der Waals surface area contributed by atoms with Crippen LogP contribution in [0.2, 0.25) is 0 Å². The van der Waals surface area contributed by atoms with Crippen LogP contribution in [0.5, 0.6) is 0 Å². The summed E-state index contributed by atoms with van der Waals surface area (Å²) in [7, 11) is 0. The lowest BCUT2D eigenvalue weighted by atomic mass is 10.0. The van der Waals surface area contributed by atoms with Gasteiger partial charge in [-0.1, -0.05) is 39.3 Å². The molecular weight excluding hydrogens is 256 g/mol. The lowest BCUT2D eigenvalue weighted by molar-refractivity contribution is 0.593.